The van der Waals surface area contributed by atoms with E-state index in [-0.39, 0.29) is 24.8 Å². The van der Waals surface area contributed by atoms with Crippen LogP contribution in [-0.4, -0.2) is 73.2 Å². The van der Waals surface area contributed by atoms with Gasteiger partial charge in [0.05, 0.1) is 24.4 Å². The summed E-state index contributed by atoms with van der Waals surface area (Å²) in [6.45, 7) is 2.60. The number of anilines is 1. The molecule has 156 valence electrons. The Morgan fingerprint density at radius 3 is 2.67 bits per heavy atom. The van der Waals surface area contributed by atoms with Gasteiger partial charge in [-0.15, -0.1) is 0 Å². The Bertz CT molecular complexity index is 944. The first kappa shape index (κ1) is 19.9. The van der Waals surface area contributed by atoms with Crippen LogP contribution in [0.15, 0.2) is 53.6 Å². The molecule has 8 nitrogen and oxygen atoms in total. The molecule has 1 saturated heterocycles. The molecule has 0 radical (unpaired) electrons. The molecule has 0 bridgehead atoms. The van der Waals surface area contributed by atoms with E-state index in [1.165, 1.54) is 0 Å². The van der Waals surface area contributed by atoms with E-state index in [0.29, 0.717) is 31.9 Å². The summed E-state index contributed by atoms with van der Waals surface area (Å²) in [6.07, 6.45) is 7.01. The number of urea groups is 1. The van der Waals surface area contributed by atoms with Gasteiger partial charge in [0.1, 0.15) is 5.75 Å². The molecule has 1 unspecified atom stereocenters. The number of benzene rings is 1. The number of hydrogen-bond acceptors (Lipinski definition) is 5. The molecule has 8 heteroatoms. The minimum atomic E-state index is -0.597. The second-order valence-electron chi connectivity index (χ2n) is 7.32. The first-order chi connectivity index (χ1) is 14.6. The number of piperazine rings is 1. The summed E-state index contributed by atoms with van der Waals surface area (Å²) in [4.78, 5) is 46.6. The predicted octanol–water partition coefficient (Wildman–Crippen LogP) is 1.88. The number of rotatable bonds is 5. The van der Waals surface area contributed by atoms with Crippen molar-refractivity contribution >= 4 is 29.2 Å². The number of hydrogen-bond donors (Lipinski definition) is 0. The molecular weight excluding hydrogens is 384 g/mol. The molecule has 1 fully saturated rings. The second-order valence-corrected chi connectivity index (χ2v) is 7.32. The maximum atomic E-state index is 12.7. The molecule has 4 rings (SSSR count). The lowest BCUT2D eigenvalue weighted by Gasteiger charge is -2.37. The third kappa shape index (κ3) is 3.85. The van der Waals surface area contributed by atoms with E-state index in [1.807, 2.05) is 24.3 Å². The molecule has 3 aliphatic rings. The number of nitrogens with zero attached hydrogens (tertiary/aromatic N) is 4. The maximum Gasteiger partial charge on any atom is 0.350 e. The van der Waals surface area contributed by atoms with Crippen LogP contribution < -0.4 is 9.64 Å². The number of carbonyl (C=O) groups is 3. The third-order valence-electron chi connectivity index (χ3n) is 5.60. The van der Waals surface area contributed by atoms with Crippen molar-refractivity contribution in [2.75, 3.05) is 44.7 Å². The summed E-state index contributed by atoms with van der Waals surface area (Å²) in [6, 6.07) is 7.23. The second kappa shape index (κ2) is 8.52. The third-order valence-corrected chi connectivity index (χ3v) is 5.60. The molecule has 1 aromatic rings. The van der Waals surface area contributed by atoms with Crippen LogP contribution in [0.2, 0.25) is 0 Å². The average molecular weight is 408 g/mol. The number of amides is 4. The monoisotopic (exact) mass is 408 g/mol. The summed E-state index contributed by atoms with van der Waals surface area (Å²) >= 11 is 0. The van der Waals surface area contributed by atoms with Crippen molar-refractivity contribution in [3.8, 4) is 5.75 Å². The minimum Gasteiger partial charge on any atom is -0.495 e. The Hall–Kier alpha value is -3.42. The molecule has 0 aromatic heterocycles. The largest absolute Gasteiger partial charge is 0.495 e. The molecule has 0 N–H and O–H groups in total. The van der Waals surface area contributed by atoms with Gasteiger partial charge in [-0.3, -0.25) is 14.5 Å². The topological polar surface area (TPSA) is 82.5 Å². The Kier molecular flexibility index (Phi) is 5.65. The molecular formula is C22H24N4O4. The van der Waals surface area contributed by atoms with E-state index < -0.39 is 11.9 Å². The van der Waals surface area contributed by atoms with Crippen LogP contribution in [0, 0.1) is 5.92 Å². The van der Waals surface area contributed by atoms with E-state index >= 15 is 0 Å². The Balaban J connectivity index is 1.32. The summed E-state index contributed by atoms with van der Waals surface area (Å²) in [5.74, 6) is -0.110. The summed E-state index contributed by atoms with van der Waals surface area (Å²) in [5, 5.41) is 0. The van der Waals surface area contributed by atoms with Crippen molar-refractivity contribution in [3.63, 3.8) is 0 Å². The van der Waals surface area contributed by atoms with Crippen LogP contribution in [0.5, 0.6) is 5.75 Å². The lowest BCUT2D eigenvalue weighted by atomic mass is 9.95. The van der Waals surface area contributed by atoms with Gasteiger partial charge in [-0.25, -0.2) is 4.79 Å². The molecule has 0 spiro atoms. The molecule has 0 saturated carbocycles. The lowest BCUT2D eigenvalue weighted by Crippen LogP contribution is -2.50. The zero-order chi connectivity index (χ0) is 21.1. The Morgan fingerprint density at radius 1 is 1.13 bits per heavy atom. The van der Waals surface area contributed by atoms with Gasteiger partial charge in [0, 0.05) is 39.1 Å². The predicted molar refractivity (Wildman–Crippen MR) is 113 cm³/mol. The molecule has 1 atom stereocenters. The molecule has 2 heterocycles. The van der Waals surface area contributed by atoms with Crippen LogP contribution in [-0.2, 0) is 9.59 Å². The zero-order valence-corrected chi connectivity index (χ0v) is 16.9. The van der Waals surface area contributed by atoms with Crippen molar-refractivity contribution in [3.05, 3.63) is 48.6 Å². The van der Waals surface area contributed by atoms with E-state index in [9.17, 15) is 14.4 Å². The highest BCUT2D eigenvalue weighted by Gasteiger charge is 2.36. The number of methoxy groups -OCH3 is 1. The summed E-state index contributed by atoms with van der Waals surface area (Å²) in [7, 11) is 1.65. The van der Waals surface area contributed by atoms with Crippen molar-refractivity contribution in [1.82, 2.24) is 9.80 Å². The van der Waals surface area contributed by atoms with Gasteiger partial charge in [0.15, 0.2) is 0 Å². The number of imide groups is 1. The lowest BCUT2D eigenvalue weighted by molar-refractivity contribution is -0.133. The van der Waals surface area contributed by atoms with E-state index in [2.05, 4.69) is 9.89 Å². The van der Waals surface area contributed by atoms with Gasteiger partial charge in [0.2, 0.25) is 11.8 Å². The van der Waals surface area contributed by atoms with Gasteiger partial charge in [-0.05, 0) is 18.2 Å². The van der Waals surface area contributed by atoms with Crippen molar-refractivity contribution in [1.29, 1.82) is 0 Å². The normalized spacial score (nSPS) is 20.9. The number of allylic oxidation sites excluding steroid dienone is 3. The Labute approximate surface area is 175 Å². The van der Waals surface area contributed by atoms with E-state index in [0.717, 1.165) is 16.3 Å². The van der Waals surface area contributed by atoms with Crippen LogP contribution in [0.4, 0.5) is 10.5 Å². The molecule has 30 heavy (non-hydrogen) atoms. The molecule has 2 aliphatic heterocycles. The highest BCUT2D eigenvalue weighted by molar-refractivity contribution is 6.21. The number of ether oxygens (including phenoxy) is 1. The first-order valence-corrected chi connectivity index (χ1v) is 10.0. The highest BCUT2D eigenvalue weighted by atomic mass is 16.5. The number of para-hydroxylation sites is 2. The first-order valence-electron chi connectivity index (χ1n) is 10.0. The Morgan fingerprint density at radius 2 is 1.90 bits per heavy atom. The fourth-order valence-corrected chi connectivity index (χ4v) is 3.94. The van der Waals surface area contributed by atoms with Crippen molar-refractivity contribution in [2.45, 2.75) is 6.42 Å². The van der Waals surface area contributed by atoms with Crippen molar-refractivity contribution < 1.29 is 19.1 Å². The number of aliphatic imine (C=N–C) groups is 1. The minimum absolute atomic E-state index is 0.0497. The maximum absolute atomic E-state index is 12.7. The molecule has 4 amide bonds. The quantitative estimate of drug-likeness (QED) is 0.743. The highest BCUT2D eigenvalue weighted by Crippen LogP contribution is 2.28. The molecule has 1 aliphatic carbocycles. The summed E-state index contributed by atoms with van der Waals surface area (Å²) < 4.78 is 5.43. The van der Waals surface area contributed by atoms with Crippen LogP contribution in [0.1, 0.15) is 6.42 Å². The standard InChI is InChI=1S/C22H24N4O4/c1-30-19-9-5-4-8-18(19)24-12-14-25(15-13-24)20(27)10-11-26-21(28)16-6-2-3-7-17(16)23-22(26)29/h2-9,16H,10-15H2,1H3. The van der Waals surface area contributed by atoms with Gasteiger partial charge in [-0.2, -0.15) is 4.99 Å². The number of carbonyl (C=O) groups excluding carboxylic acids is 3. The van der Waals surface area contributed by atoms with Crippen LogP contribution in [0.3, 0.4) is 0 Å². The average Bonchev–Trinajstić information content (AvgIpc) is 2.79. The van der Waals surface area contributed by atoms with Gasteiger partial charge in [-0.1, -0.05) is 30.4 Å². The number of fused-ring (bicyclic) bond motifs is 1. The van der Waals surface area contributed by atoms with E-state index in [1.54, 1.807) is 36.3 Å². The molecule has 1 aromatic carbocycles. The fourth-order valence-electron chi connectivity index (χ4n) is 3.94. The van der Waals surface area contributed by atoms with Gasteiger partial charge >= 0.3 is 6.03 Å². The van der Waals surface area contributed by atoms with Crippen LogP contribution >= 0.6 is 0 Å². The van der Waals surface area contributed by atoms with Crippen molar-refractivity contribution in [2.24, 2.45) is 10.9 Å². The van der Waals surface area contributed by atoms with Gasteiger partial charge < -0.3 is 14.5 Å². The smallest absolute Gasteiger partial charge is 0.350 e. The van der Waals surface area contributed by atoms with E-state index in [4.69, 9.17) is 4.74 Å². The zero-order valence-electron chi connectivity index (χ0n) is 16.9. The summed E-state index contributed by atoms with van der Waals surface area (Å²) in [5.41, 5.74) is 1.47. The SMILES string of the molecule is COc1ccccc1N1CCN(C(=O)CCN2C(=O)N=C3C=CC=CC3C2=O)CC1. The fraction of sp³-hybridized carbons (Fsp3) is 0.364. The van der Waals surface area contributed by atoms with Crippen LogP contribution in [0.25, 0.3) is 0 Å². The van der Waals surface area contributed by atoms with Gasteiger partial charge in [0.25, 0.3) is 0 Å².